The van der Waals surface area contributed by atoms with Crippen LogP contribution in [0.4, 0.5) is 0 Å². The summed E-state index contributed by atoms with van der Waals surface area (Å²) in [5, 5.41) is 11.1. The molecule has 0 radical (unpaired) electrons. The van der Waals surface area contributed by atoms with Crippen molar-refractivity contribution in [2.24, 2.45) is 16.4 Å². The summed E-state index contributed by atoms with van der Waals surface area (Å²) in [5.74, 6) is 2.04. The number of nitrogens with one attached hydrogen (secondary N) is 1. The van der Waals surface area contributed by atoms with Gasteiger partial charge in [-0.25, -0.2) is 5.01 Å². The minimum absolute atomic E-state index is 0.174. The second-order valence-corrected chi connectivity index (χ2v) is 10.5. The summed E-state index contributed by atoms with van der Waals surface area (Å²) in [6, 6.07) is 6.56. The number of carbonyl (C=O) groups is 1. The van der Waals surface area contributed by atoms with Gasteiger partial charge in [-0.2, -0.15) is 5.10 Å². The minimum atomic E-state index is -0.174. The molecule has 5 nitrogen and oxygen atoms in total. The number of benzene rings is 1. The number of hydrogen-bond acceptors (Lipinski definition) is 4. The first-order valence-electron chi connectivity index (χ1n) is 12.3. The lowest BCUT2D eigenvalue weighted by molar-refractivity contribution is -0.130. The average Bonchev–Trinajstić information content (AvgIpc) is 3.57. The number of methoxy groups -OCH3 is 1. The van der Waals surface area contributed by atoms with E-state index in [1.165, 1.54) is 5.56 Å². The van der Waals surface area contributed by atoms with Crippen LogP contribution in [0.5, 0.6) is 0 Å². The first-order chi connectivity index (χ1) is 16.8. The van der Waals surface area contributed by atoms with Gasteiger partial charge in [0.05, 0.1) is 18.6 Å². The molecule has 2 fully saturated rings. The zero-order valence-corrected chi connectivity index (χ0v) is 22.7. The van der Waals surface area contributed by atoms with Crippen LogP contribution in [0.15, 0.2) is 59.2 Å². The molecular weight excluding hydrogens is 481 g/mol. The van der Waals surface area contributed by atoms with Gasteiger partial charge in [-0.3, -0.25) is 4.79 Å². The molecule has 0 spiro atoms. The van der Waals surface area contributed by atoms with Crippen LogP contribution in [0.1, 0.15) is 63.5 Å². The van der Waals surface area contributed by atoms with Gasteiger partial charge >= 0.3 is 0 Å². The molecule has 190 valence electrons. The van der Waals surface area contributed by atoms with E-state index in [1.807, 2.05) is 36.2 Å². The topological polar surface area (TPSA) is 53.7 Å². The molecule has 0 bridgehead atoms. The standard InChI is InChI=1S/C21H28ClN3O2.C7H9Cl/c1-4-21-8-7-14(11-17(21)13(2)23-20(21)26)16-6-5-15(12-18(16)22)19-24-25(19)9-10-27-3;1-3-4-5-6-7(2)8/h5-6,12-14,17H,4,7-11H2,1-3H3,(H,23,26);3-6H,1H2,2H3/b;5-4-,7-6+. The van der Waals surface area contributed by atoms with Gasteiger partial charge in [-0.15, -0.1) is 0 Å². The lowest BCUT2D eigenvalue weighted by Crippen LogP contribution is -2.39. The predicted octanol–water partition coefficient (Wildman–Crippen LogP) is 6.63. The third-order valence-electron chi connectivity index (χ3n) is 7.43. The quantitative estimate of drug-likeness (QED) is 0.393. The highest BCUT2D eigenvalue weighted by molar-refractivity contribution is 6.32. The molecule has 1 amide bonds. The van der Waals surface area contributed by atoms with E-state index < -0.39 is 0 Å². The Morgan fingerprint density at radius 1 is 1.40 bits per heavy atom. The number of hydrogen-bond donors (Lipinski definition) is 1. The SMILES string of the molecule is C=C/C=C\C=C(/C)Cl.CCC12CCC(c3ccc(C4=NN4CCOC)cc3Cl)CC1C(C)NC2=O. The van der Waals surface area contributed by atoms with Crippen LogP contribution in [0, 0.1) is 11.3 Å². The van der Waals surface area contributed by atoms with Crippen molar-refractivity contribution in [3.05, 3.63) is 70.3 Å². The first-order valence-corrected chi connectivity index (χ1v) is 13.1. The molecule has 3 aliphatic rings. The monoisotopic (exact) mass is 517 g/mol. The van der Waals surface area contributed by atoms with Gasteiger partial charge in [0, 0.05) is 28.8 Å². The zero-order valence-electron chi connectivity index (χ0n) is 21.2. The molecule has 4 rings (SSSR count). The van der Waals surface area contributed by atoms with Crippen molar-refractivity contribution in [3.8, 4) is 0 Å². The summed E-state index contributed by atoms with van der Waals surface area (Å²) in [6.45, 7) is 11.1. The number of nitrogens with zero attached hydrogens (tertiary/aromatic N) is 2. The molecule has 1 aromatic carbocycles. The lowest BCUT2D eigenvalue weighted by atomic mass is 9.61. The number of allylic oxidation sites excluding steroid dienone is 5. The van der Waals surface area contributed by atoms with E-state index in [1.54, 1.807) is 13.2 Å². The van der Waals surface area contributed by atoms with Crippen LogP contribution < -0.4 is 5.32 Å². The molecular formula is C28H37Cl2N3O2. The van der Waals surface area contributed by atoms with E-state index in [-0.39, 0.29) is 17.4 Å². The number of hydrazone groups is 1. The molecule has 2 heterocycles. The number of carbonyl (C=O) groups excluding carboxylic acids is 1. The molecule has 1 saturated carbocycles. The van der Waals surface area contributed by atoms with Crippen LogP contribution in [0.25, 0.3) is 0 Å². The molecule has 1 saturated heterocycles. The van der Waals surface area contributed by atoms with Crippen molar-refractivity contribution in [3.63, 3.8) is 0 Å². The van der Waals surface area contributed by atoms with E-state index in [4.69, 9.17) is 27.9 Å². The Labute approximate surface area is 219 Å². The van der Waals surface area contributed by atoms with E-state index in [0.717, 1.165) is 53.7 Å². The number of halogens is 2. The Morgan fingerprint density at radius 3 is 2.80 bits per heavy atom. The number of amidine groups is 1. The van der Waals surface area contributed by atoms with Crippen LogP contribution >= 0.6 is 23.2 Å². The summed E-state index contributed by atoms with van der Waals surface area (Å²) < 4.78 is 5.10. The molecule has 1 aromatic rings. The van der Waals surface area contributed by atoms with Crippen LogP contribution in [0.3, 0.4) is 0 Å². The smallest absolute Gasteiger partial charge is 0.226 e. The highest BCUT2D eigenvalue weighted by Gasteiger charge is 2.54. The molecule has 0 aromatic heterocycles. The number of rotatable bonds is 8. The zero-order chi connectivity index (χ0) is 25.6. The summed E-state index contributed by atoms with van der Waals surface area (Å²) in [4.78, 5) is 12.6. The normalized spacial score (nSPS) is 27.7. The van der Waals surface area contributed by atoms with Crippen LogP contribution in [-0.2, 0) is 9.53 Å². The van der Waals surface area contributed by atoms with Crippen molar-refractivity contribution in [1.29, 1.82) is 0 Å². The fraction of sp³-hybridized carbons (Fsp3) is 0.500. The lowest BCUT2D eigenvalue weighted by Gasteiger charge is -2.41. The van der Waals surface area contributed by atoms with E-state index in [2.05, 4.69) is 43.0 Å². The Kier molecular flexibility index (Phi) is 9.62. The summed E-state index contributed by atoms with van der Waals surface area (Å²) >= 11 is 12.2. The molecule has 4 unspecified atom stereocenters. The predicted molar refractivity (Wildman–Crippen MR) is 146 cm³/mol. The van der Waals surface area contributed by atoms with Crippen LogP contribution in [0.2, 0.25) is 5.02 Å². The maximum Gasteiger partial charge on any atom is 0.226 e. The van der Waals surface area contributed by atoms with Gasteiger partial charge in [0.25, 0.3) is 0 Å². The van der Waals surface area contributed by atoms with E-state index in [0.29, 0.717) is 18.4 Å². The van der Waals surface area contributed by atoms with Crippen molar-refractivity contribution in [1.82, 2.24) is 10.3 Å². The fourth-order valence-corrected chi connectivity index (χ4v) is 5.87. The van der Waals surface area contributed by atoms with Gasteiger partial charge < -0.3 is 10.1 Å². The Balaban J connectivity index is 0.000000371. The second-order valence-electron chi connectivity index (χ2n) is 9.50. The molecule has 1 aliphatic carbocycles. The minimum Gasteiger partial charge on any atom is -0.383 e. The Morgan fingerprint density at radius 2 is 2.17 bits per heavy atom. The van der Waals surface area contributed by atoms with Gasteiger partial charge in [-0.1, -0.05) is 67.1 Å². The second kappa shape index (κ2) is 12.2. The Bertz CT molecular complexity index is 1020. The highest BCUT2D eigenvalue weighted by Crippen LogP contribution is 2.54. The highest BCUT2D eigenvalue weighted by atomic mass is 35.5. The van der Waals surface area contributed by atoms with Gasteiger partial charge in [0.1, 0.15) is 0 Å². The molecule has 7 heteroatoms. The molecule has 4 atom stereocenters. The fourth-order valence-electron chi connectivity index (χ4n) is 5.46. The summed E-state index contributed by atoms with van der Waals surface area (Å²) in [6.07, 6.45) is 11.1. The van der Waals surface area contributed by atoms with Gasteiger partial charge in [0.15, 0.2) is 5.84 Å². The summed E-state index contributed by atoms with van der Waals surface area (Å²) in [7, 11) is 1.69. The number of ether oxygens (including phenoxy) is 1. The van der Waals surface area contributed by atoms with Crippen molar-refractivity contribution in [2.45, 2.75) is 58.4 Å². The van der Waals surface area contributed by atoms with E-state index in [9.17, 15) is 4.79 Å². The number of amides is 1. The first kappa shape index (κ1) is 27.5. The largest absolute Gasteiger partial charge is 0.383 e. The van der Waals surface area contributed by atoms with Crippen molar-refractivity contribution >= 4 is 34.9 Å². The maximum atomic E-state index is 12.6. The Hall–Kier alpha value is -2.08. The van der Waals surface area contributed by atoms with Crippen LogP contribution in [-0.4, -0.2) is 43.1 Å². The summed E-state index contributed by atoms with van der Waals surface area (Å²) in [5.41, 5.74) is 2.10. The third kappa shape index (κ3) is 6.38. The van der Waals surface area contributed by atoms with Gasteiger partial charge in [-0.05, 0) is 69.1 Å². The molecule has 1 N–H and O–H groups in total. The average molecular weight is 519 g/mol. The van der Waals surface area contributed by atoms with Crippen molar-refractivity contribution in [2.75, 3.05) is 20.3 Å². The maximum absolute atomic E-state index is 12.6. The van der Waals surface area contributed by atoms with Gasteiger partial charge in [0.2, 0.25) is 5.91 Å². The third-order valence-corrected chi connectivity index (χ3v) is 7.89. The molecule has 2 aliphatic heterocycles. The molecule has 35 heavy (non-hydrogen) atoms. The van der Waals surface area contributed by atoms with E-state index >= 15 is 0 Å². The van der Waals surface area contributed by atoms with Crippen molar-refractivity contribution < 1.29 is 9.53 Å². The number of fused-ring (bicyclic) bond motifs is 1.